The fraction of sp³-hybridized carbons (Fsp3) is 0.333. The first kappa shape index (κ1) is 19.2. The third-order valence-corrected chi connectivity index (χ3v) is 6.44. The highest BCUT2D eigenvalue weighted by Gasteiger charge is 2.24. The van der Waals surface area contributed by atoms with Crippen molar-refractivity contribution >= 4 is 32.4 Å². The maximum atomic E-state index is 12.6. The van der Waals surface area contributed by atoms with Crippen molar-refractivity contribution in [1.29, 1.82) is 0 Å². The van der Waals surface area contributed by atoms with E-state index in [0.717, 1.165) is 16.9 Å². The largest absolute Gasteiger partial charge is 0.493 e. The lowest BCUT2D eigenvalue weighted by atomic mass is 10.2. The number of carbonyl (C=O) groups excluding carboxylic acids is 1. The van der Waals surface area contributed by atoms with Crippen molar-refractivity contribution in [2.24, 2.45) is 0 Å². The Hall–Kier alpha value is -2.17. The van der Waals surface area contributed by atoms with Gasteiger partial charge in [0.25, 0.3) is 10.0 Å². The number of carbonyl (C=O) groups is 1. The first-order valence-electron chi connectivity index (χ1n) is 7.18. The Labute approximate surface area is 150 Å². The zero-order valence-electron chi connectivity index (χ0n) is 14.3. The summed E-state index contributed by atoms with van der Waals surface area (Å²) in [6.45, 7) is 1.48. The molecule has 136 valence electrons. The van der Waals surface area contributed by atoms with Crippen LogP contribution in [0, 0.1) is 0 Å². The quantitative estimate of drug-likeness (QED) is 0.782. The highest BCUT2D eigenvalue weighted by Crippen LogP contribution is 2.30. The first-order chi connectivity index (χ1) is 11.8. The van der Waals surface area contributed by atoms with Crippen molar-refractivity contribution in [1.82, 2.24) is 9.29 Å². The first-order valence-corrected chi connectivity index (χ1v) is 9.44. The molecule has 0 unspecified atom stereocenters. The van der Waals surface area contributed by atoms with E-state index in [1.165, 1.54) is 38.7 Å². The lowest BCUT2D eigenvalue weighted by Crippen LogP contribution is -2.25. The monoisotopic (exact) mass is 385 g/mol. The summed E-state index contributed by atoms with van der Waals surface area (Å²) in [5, 5.41) is 2.71. The van der Waals surface area contributed by atoms with E-state index in [4.69, 9.17) is 9.47 Å². The van der Waals surface area contributed by atoms with E-state index in [2.05, 4.69) is 10.3 Å². The van der Waals surface area contributed by atoms with Gasteiger partial charge in [0.15, 0.2) is 20.8 Å². The van der Waals surface area contributed by atoms with Crippen LogP contribution in [0.3, 0.4) is 0 Å². The molecule has 0 aliphatic heterocycles. The highest BCUT2D eigenvalue weighted by atomic mass is 32.2. The molecule has 2 aromatic rings. The van der Waals surface area contributed by atoms with Crippen molar-refractivity contribution in [2.75, 3.05) is 26.6 Å². The number of thiazole rings is 1. The Morgan fingerprint density at radius 1 is 1.28 bits per heavy atom. The number of rotatable bonds is 7. The Morgan fingerprint density at radius 3 is 2.56 bits per heavy atom. The molecule has 2 rings (SSSR count). The molecule has 0 bridgehead atoms. The van der Waals surface area contributed by atoms with Crippen LogP contribution < -0.4 is 14.8 Å². The molecule has 1 aromatic carbocycles. The fourth-order valence-corrected chi connectivity index (χ4v) is 4.51. The molecule has 0 radical (unpaired) electrons. The van der Waals surface area contributed by atoms with Crippen molar-refractivity contribution in [3.8, 4) is 11.5 Å². The van der Waals surface area contributed by atoms with Crippen LogP contribution >= 0.6 is 11.3 Å². The van der Waals surface area contributed by atoms with Gasteiger partial charge in [-0.3, -0.25) is 4.79 Å². The Morgan fingerprint density at radius 2 is 1.96 bits per heavy atom. The normalized spacial score (nSPS) is 11.4. The van der Waals surface area contributed by atoms with E-state index in [0.29, 0.717) is 11.5 Å². The Balaban J connectivity index is 2.20. The van der Waals surface area contributed by atoms with Crippen LogP contribution in [0.1, 0.15) is 12.5 Å². The Kier molecular flexibility index (Phi) is 5.98. The molecule has 1 N–H and O–H groups in total. The van der Waals surface area contributed by atoms with Gasteiger partial charge in [-0.25, -0.2) is 13.4 Å². The molecular formula is C15H19N3O5S2. The van der Waals surface area contributed by atoms with Gasteiger partial charge in [0.1, 0.15) is 0 Å². The second kappa shape index (κ2) is 7.81. The molecule has 1 heterocycles. The summed E-state index contributed by atoms with van der Waals surface area (Å²) < 4.78 is 36.9. The number of anilines is 1. The van der Waals surface area contributed by atoms with Crippen LogP contribution in [0.5, 0.6) is 11.5 Å². The number of amides is 1. The van der Waals surface area contributed by atoms with Gasteiger partial charge in [0, 0.05) is 20.5 Å². The number of nitrogens with one attached hydrogen (secondary N) is 1. The van der Waals surface area contributed by atoms with E-state index >= 15 is 0 Å². The Bertz CT molecular complexity index is 864. The van der Waals surface area contributed by atoms with Gasteiger partial charge in [-0.05, 0) is 17.7 Å². The number of nitrogens with zero attached hydrogens (tertiary/aromatic N) is 2. The molecule has 0 saturated heterocycles. The minimum atomic E-state index is -3.72. The summed E-state index contributed by atoms with van der Waals surface area (Å²) in [4.78, 5) is 14.9. The van der Waals surface area contributed by atoms with Crippen LogP contribution in [0.15, 0.2) is 28.6 Å². The molecule has 0 saturated carbocycles. The number of methoxy groups -OCH3 is 2. The minimum absolute atomic E-state index is 0.0548. The predicted molar refractivity (Wildman–Crippen MR) is 94.6 cm³/mol. The summed E-state index contributed by atoms with van der Waals surface area (Å²) >= 11 is 0.903. The van der Waals surface area contributed by atoms with Gasteiger partial charge >= 0.3 is 0 Å². The predicted octanol–water partition coefficient (Wildman–Crippen LogP) is 1.94. The van der Waals surface area contributed by atoms with Crippen molar-refractivity contribution in [3.05, 3.63) is 30.0 Å². The molecule has 0 atom stereocenters. The lowest BCUT2D eigenvalue weighted by Gasteiger charge is -2.17. The van der Waals surface area contributed by atoms with Crippen molar-refractivity contribution in [2.45, 2.75) is 17.7 Å². The van der Waals surface area contributed by atoms with Gasteiger partial charge < -0.3 is 14.8 Å². The molecular weight excluding hydrogens is 366 g/mol. The third kappa shape index (κ3) is 4.47. The zero-order valence-corrected chi connectivity index (χ0v) is 15.9. The second-order valence-corrected chi connectivity index (χ2v) is 8.42. The standard InChI is InChI=1S/C15H19N3O5S2/c1-10(19)17-15-16-8-14(24-15)25(20,21)18(2)9-11-5-6-12(22-3)13(7-11)23-4/h5-8H,9H2,1-4H3,(H,16,17,19). The fourth-order valence-electron chi connectivity index (χ4n) is 2.06. The number of benzene rings is 1. The van der Waals surface area contributed by atoms with Gasteiger partial charge in [0.05, 0.1) is 20.4 Å². The van der Waals surface area contributed by atoms with Gasteiger partial charge in [-0.1, -0.05) is 17.4 Å². The SMILES string of the molecule is COc1ccc(CN(C)S(=O)(=O)c2cnc(NC(C)=O)s2)cc1OC. The molecule has 1 amide bonds. The third-order valence-electron chi connectivity index (χ3n) is 3.29. The molecule has 10 heteroatoms. The van der Waals surface area contributed by atoms with E-state index in [1.54, 1.807) is 18.2 Å². The summed E-state index contributed by atoms with van der Waals surface area (Å²) in [5.74, 6) is 0.785. The van der Waals surface area contributed by atoms with E-state index in [1.807, 2.05) is 0 Å². The van der Waals surface area contributed by atoms with Crippen LogP contribution in [-0.4, -0.2) is 44.9 Å². The van der Waals surface area contributed by atoms with Crippen molar-refractivity contribution in [3.63, 3.8) is 0 Å². The molecule has 1 aromatic heterocycles. The van der Waals surface area contributed by atoms with Crippen LogP contribution in [0.25, 0.3) is 0 Å². The molecule has 8 nitrogen and oxygen atoms in total. The molecule has 25 heavy (non-hydrogen) atoms. The maximum absolute atomic E-state index is 12.6. The summed E-state index contributed by atoms with van der Waals surface area (Å²) in [6.07, 6.45) is 1.23. The summed E-state index contributed by atoms with van der Waals surface area (Å²) in [6, 6.07) is 5.21. The second-order valence-electron chi connectivity index (χ2n) is 5.12. The number of hydrogen-bond acceptors (Lipinski definition) is 7. The number of ether oxygens (including phenoxy) is 2. The molecule has 0 aliphatic rings. The molecule has 0 fully saturated rings. The minimum Gasteiger partial charge on any atom is -0.493 e. The summed E-state index contributed by atoms with van der Waals surface area (Å²) in [7, 11) is 0.804. The number of aromatic nitrogens is 1. The van der Waals surface area contributed by atoms with Crippen LogP contribution in [-0.2, 0) is 21.4 Å². The molecule has 0 spiro atoms. The van der Waals surface area contributed by atoms with Gasteiger partial charge in [-0.2, -0.15) is 4.31 Å². The smallest absolute Gasteiger partial charge is 0.254 e. The van der Waals surface area contributed by atoms with Crippen LogP contribution in [0.2, 0.25) is 0 Å². The van der Waals surface area contributed by atoms with Crippen LogP contribution in [0.4, 0.5) is 5.13 Å². The van der Waals surface area contributed by atoms with Gasteiger partial charge in [0.2, 0.25) is 5.91 Å². The molecule has 0 aliphatic carbocycles. The van der Waals surface area contributed by atoms with E-state index < -0.39 is 10.0 Å². The van der Waals surface area contributed by atoms with E-state index in [9.17, 15) is 13.2 Å². The summed E-state index contributed by atoms with van der Waals surface area (Å²) in [5.41, 5.74) is 0.746. The number of sulfonamides is 1. The lowest BCUT2D eigenvalue weighted by molar-refractivity contribution is -0.114. The van der Waals surface area contributed by atoms with Gasteiger partial charge in [-0.15, -0.1) is 0 Å². The zero-order chi connectivity index (χ0) is 18.6. The van der Waals surface area contributed by atoms with E-state index in [-0.39, 0.29) is 21.8 Å². The topological polar surface area (TPSA) is 97.8 Å². The highest BCUT2D eigenvalue weighted by molar-refractivity contribution is 7.91. The van der Waals surface area contributed by atoms with Crippen molar-refractivity contribution < 1.29 is 22.7 Å². The average molecular weight is 385 g/mol. The maximum Gasteiger partial charge on any atom is 0.254 e. The number of hydrogen-bond donors (Lipinski definition) is 1. The average Bonchev–Trinajstić information content (AvgIpc) is 3.03.